The monoisotopic (exact) mass is 960 g/mol. The molecule has 7 aromatic rings. The number of ketones is 2. The molecular weight excluding hydrogens is 914 g/mol. The summed E-state index contributed by atoms with van der Waals surface area (Å²) in [6.07, 6.45) is 3.83. The Kier molecular flexibility index (Phi) is 19.2. The highest BCUT2D eigenvalue weighted by Crippen LogP contribution is 2.24. The van der Waals surface area contributed by atoms with E-state index in [9.17, 15) is 36.4 Å². The molecule has 344 valence electrons. The zero-order valence-corrected chi connectivity index (χ0v) is 37.6. The van der Waals surface area contributed by atoms with Gasteiger partial charge in [-0.05, 0) is 114 Å². The highest BCUT2D eigenvalue weighted by Gasteiger charge is 2.24. The number of carbonyl (C=O) groups is 4. The summed E-state index contributed by atoms with van der Waals surface area (Å²) in [7, 11) is 1.45. The molecule has 2 heterocycles. The third kappa shape index (κ3) is 16.5. The van der Waals surface area contributed by atoms with E-state index in [0.717, 1.165) is 28.3 Å². The van der Waals surface area contributed by atoms with Crippen LogP contribution >= 0.6 is 22.4 Å². The van der Waals surface area contributed by atoms with Crippen molar-refractivity contribution in [1.82, 2.24) is 20.6 Å². The van der Waals surface area contributed by atoms with E-state index < -0.39 is 44.6 Å². The third-order valence-electron chi connectivity index (χ3n) is 10.0. The number of pyridine rings is 2. The summed E-state index contributed by atoms with van der Waals surface area (Å²) >= 11 is 1.74. The quantitative estimate of drug-likeness (QED) is 0.0633. The number of rotatable bonds is 18. The molecule has 0 saturated carbocycles. The molecule has 15 heteroatoms. The normalized spacial score (nSPS) is 11.7. The van der Waals surface area contributed by atoms with E-state index in [1.807, 2.05) is 54.6 Å². The second-order valence-electron chi connectivity index (χ2n) is 14.9. The summed E-state index contributed by atoms with van der Waals surface area (Å²) in [6.45, 7) is 0. The van der Waals surface area contributed by atoms with Crippen LogP contribution in [0.1, 0.15) is 56.2 Å². The smallest absolute Gasteiger partial charge is 0.261 e. The molecule has 2 atom stereocenters. The van der Waals surface area contributed by atoms with Crippen LogP contribution in [-0.2, 0) is 50.1 Å². The molecule has 0 fully saturated rings. The largest absolute Gasteiger partial charge is 0.342 e. The first-order chi connectivity index (χ1) is 31.8. The molecular formula is C52H47ClF2N4O6S2. The van der Waals surface area contributed by atoms with Crippen LogP contribution in [0.15, 0.2) is 186 Å². The van der Waals surface area contributed by atoms with Gasteiger partial charge in [0, 0.05) is 81.9 Å². The number of halogens is 3. The van der Waals surface area contributed by atoms with Crippen molar-refractivity contribution in [2.45, 2.75) is 60.7 Å². The summed E-state index contributed by atoms with van der Waals surface area (Å²) in [5, 5.41) is 5.51. The van der Waals surface area contributed by atoms with E-state index in [1.165, 1.54) is 66.2 Å². The lowest BCUT2D eigenvalue weighted by Gasteiger charge is -2.18. The number of Topliss-reactive ketones (excluding diaryl/α,β-unsaturated/α-hetero) is 2. The fraction of sp³-hybridized carbons (Fsp3) is 0.154. The van der Waals surface area contributed by atoms with Gasteiger partial charge in [-0.2, -0.15) is 0 Å². The minimum atomic E-state index is -3.86. The SMILES string of the molecule is C.O=C(N[C@@H](Cc1ccccn1)C(=O)Cc1ccc(S(=O)(=O)Cl)cc1)c1ccc(F)cc1.O=C(N[C@@H](Cc1ccccn1)C(=O)Cc1ccc(SCc2ccccc2)cc1)c1ccc(F)cc1. The third-order valence-corrected chi connectivity index (χ3v) is 12.5. The molecule has 0 spiro atoms. The van der Waals surface area contributed by atoms with E-state index in [0.29, 0.717) is 22.5 Å². The first-order valence-electron chi connectivity index (χ1n) is 20.6. The van der Waals surface area contributed by atoms with Gasteiger partial charge < -0.3 is 10.6 Å². The van der Waals surface area contributed by atoms with Gasteiger partial charge in [0.05, 0.1) is 17.0 Å². The molecule has 10 nitrogen and oxygen atoms in total. The number of thioether (sulfide) groups is 1. The second-order valence-corrected chi connectivity index (χ2v) is 18.5. The summed E-state index contributed by atoms with van der Waals surface area (Å²) in [5.41, 5.74) is 4.53. The molecule has 7 rings (SSSR count). The molecule has 0 aliphatic heterocycles. The molecule has 2 aromatic heterocycles. The lowest BCUT2D eigenvalue weighted by atomic mass is 9.99. The van der Waals surface area contributed by atoms with Crippen molar-refractivity contribution in [3.63, 3.8) is 0 Å². The van der Waals surface area contributed by atoms with Crippen LogP contribution in [0.2, 0.25) is 0 Å². The van der Waals surface area contributed by atoms with Crippen molar-refractivity contribution in [1.29, 1.82) is 0 Å². The van der Waals surface area contributed by atoms with Crippen LogP contribution in [-0.4, -0.2) is 53.9 Å². The predicted octanol–water partition coefficient (Wildman–Crippen LogP) is 9.60. The van der Waals surface area contributed by atoms with Gasteiger partial charge in [-0.3, -0.25) is 29.1 Å². The Morgan fingerprint density at radius 2 is 0.955 bits per heavy atom. The molecule has 0 aliphatic carbocycles. The number of carbonyl (C=O) groups excluding carboxylic acids is 4. The van der Waals surface area contributed by atoms with Gasteiger partial charge in [0.1, 0.15) is 11.6 Å². The standard InChI is InChI=1S/C29H25FN2O2S.C22H18ClFN2O4S.CH4/c30-24-13-11-23(12-14-24)29(34)32-27(19-25-8-4-5-17-31-25)28(33)18-21-9-15-26(16-10-21)35-20-22-6-2-1-3-7-22;23-31(29,30)19-10-4-15(5-11-19)13-21(27)20(14-18-3-1-2-12-25-18)26-22(28)16-6-8-17(24)9-7-16;/h1-17,27H,18-20H2,(H,32,34);1-12,20H,13-14H2,(H,26,28);1H4/t27-;20-;/m00./s1. The molecule has 0 unspecified atom stereocenters. The van der Waals surface area contributed by atoms with E-state index >= 15 is 0 Å². The Labute approximate surface area is 397 Å². The zero-order chi connectivity index (χ0) is 46.9. The maximum absolute atomic E-state index is 13.2. The van der Waals surface area contributed by atoms with Crippen LogP contribution in [0.4, 0.5) is 8.78 Å². The average molecular weight is 962 g/mol. The Hall–Kier alpha value is -6.87. The van der Waals surface area contributed by atoms with Gasteiger partial charge in [-0.15, -0.1) is 11.8 Å². The number of nitrogens with zero attached hydrogens (tertiary/aromatic N) is 2. The number of nitrogens with one attached hydrogen (secondary N) is 2. The highest BCUT2D eigenvalue weighted by atomic mass is 35.7. The van der Waals surface area contributed by atoms with E-state index in [-0.39, 0.29) is 55.1 Å². The van der Waals surface area contributed by atoms with Crippen LogP contribution in [0.5, 0.6) is 0 Å². The van der Waals surface area contributed by atoms with Gasteiger partial charge in [-0.1, -0.05) is 74.2 Å². The lowest BCUT2D eigenvalue weighted by molar-refractivity contribution is -0.121. The molecule has 2 N–H and O–H groups in total. The van der Waals surface area contributed by atoms with Crippen molar-refractivity contribution < 1.29 is 36.4 Å². The number of hydrogen-bond acceptors (Lipinski definition) is 9. The Morgan fingerprint density at radius 3 is 1.36 bits per heavy atom. The first kappa shape index (κ1) is 51.1. The molecule has 0 radical (unpaired) electrons. The fourth-order valence-electron chi connectivity index (χ4n) is 6.50. The number of aromatic nitrogens is 2. The Balaban J connectivity index is 0.000000249. The van der Waals surface area contributed by atoms with E-state index in [4.69, 9.17) is 10.7 Å². The summed E-state index contributed by atoms with van der Waals surface area (Å²) < 4.78 is 49.1. The maximum Gasteiger partial charge on any atom is 0.261 e. The first-order valence-corrected chi connectivity index (χ1v) is 23.9. The predicted molar refractivity (Wildman–Crippen MR) is 257 cm³/mol. The molecule has 0 aliphatic rings. The van der Waals surface area contributed by atoms with E-state index in [1.54, 1.807) is 48.4 Å². The van der Waals surface area contributed by atoms with Crippen molar-refractivity contribution in [2.24, 2.45) is 0 Å². The van der Waals surface area contributed by atoms with Crippen LogP contribution in [0, 0.1) is 11.6 Å². The van der Waals surface area contributed by atoms with E-state index in [2.05, 4.69) is 32.7 Å². The van der Waals surface area contributed by atoms with Crippen molar-refractivity contribution in [3.05, 3.63) is 227 Å². The van der Waals surface area contributed by atoms with Gasteiger partial charge in [0.15, 0.2) is 11.6 Å². The molecule has 0 saturated heterocycles. The Morgan fingerprint density at radius 1 is 0.537 bits per heavy atom. The summed E-state index contributed by atoms with van der Waals surface area (Å²) in [5.74, 6) is -1.36. The Bertz CT molecular complexity index is 2810. The summed E-state index contributed by atoms with van der Waals surface area (Å²) in [4.78, 5) is 61.1. The second kappa shape index (κ2) is 25.2. The molecule has 2 amide bonds. The van der Waals surface area contributed by atoms with Crippen molar-refractivity contribution in [3.8, 4) is 0 Å². The fourth-order valence-corrected chi connectivity index (χ4v) is 8.12. The zero-order valence-electron chi connectivity index (χ0n) is 35.2. The molecule has 67 heavy (non-hydrogen) atoms. The van der Waals surface area contributed by atoms with Crippen LogP contribution < -0.4 is 10.6 Å². The van der Waals surface area contributed by atoms with Crippen molar-refractivity contribution in [2.75, 3.05) is 0 Å². The van der Waals surface area contributed by atoms with Gasteiger partial charge in [0.25, 0.3) is 20.9 Å². The number of amides is 2. The highest BCUT2D eigenvalue weighted by molar-refractivity contribution is 8.13. The minimum Gasteiger partial charge on any atom is -0.342 e. The average Bonchev–Trinajstić information content (AvgIpc) is 3.32. The molecule has 5 aromatic carbocycles. The van der Waals surface area contributed by atoms with Crippen LogP contribution in [0.3, 0.4) is 0 Å². The van der Waals surface area contributed by atoms with Crippen molar-refractivity contribution >= 4 is 54.9 Å². The topological polar surface area (TPSA) is 152 Å². The number of hydrogen-bond donors (Lipinski definition) is 2. The van der Waals surface area contributed by atoms with Gasteiger partial charge in [0.2, 0.25) is 0 Å². The summed E-state index contributed by atoms with van der Waals surface area (Å²) in [6, 6.07) is 43.1. The maximum atomic E-state index is 13.2. The van der Waals surface area contributed by atoms with Crippen LogP contribution in [0.25, 0.3) is 0 Å². The molecule has 0 bridgehead atoms. The van der Waals surface area contributed by atoms with Gasteiger partial charge >= 0.3 is 0 Å². The minimum absolute atomic E-state index is 0. The lowest BCUT2D eigenvalue weighted by Crippen LogP contribution is -2.43. The number of benzene rings is 5. The van der Waals surface area contributed by atoms with Gasteiger partial charge in [-0.25, -0.2) is 17.2 Å².